The van der Waals surface area contributed by atoms with Crippen molar-refractivity contribution >= 4 is 39.8 Å². The number of nitrogens with one attached hydrogen (secondary N) is 2. The van der Waals surface area contributed by atoms with Crippen LogP contribution in [-0.4, -0.2) is 37.6 Å². The first-order chi connectivity index (χ1) is 13.4. The van der Waals surface area contributed by atoms with Crippen LogP contribution in [0, 0.1) is 13.8 Å². The predicted molar refractivity (Wildman–Crippen MR) is 104 cm³/mol. The van der Waals surface area contributed by atoms with Gasteiger partial charge in [0.25, 0.3) is 11.8 Å². The summed E-state index contributed by atoms with van der Waals surface area (Å²) in [6, 6.07) is 4.89. The summed E-state index contributed by atoms with van der Waals surface area (Å²) in [6.07, 6.45) is 0. The van der Waals surface area contributed by atoms with Gasteiger partial charge in [0.05, 0.1) is 17.9 Å². The van der Waals surface area contributed by atoms with Gasteiger partial charge in [0.1, 0.15) is 16.5 Å². The molecule has 0 fully saturated rings. The lowest BCUT2D eigenvalue weighted by Crippen LogP contribution is -2.25. The van der Waals surface area contributed by atoms with Crippen LogP contribution in [0.4, 0.5) is 10.7 Å². The van der Waals surface area contributed by atoms with Crippen molar-refractivity contribution in [2.24, 2.45) is 0 Å². The Bertz CT molecular complexity index is 937. The standard InChI is InChI=1S/C19H20N2O6S/c1-4-25-19(24)17-10(2)11(3)28-18(17)21-16(23)8-26-12-5-6-14-13(7-12)20-15(22)9-27-14/h5-7H,4,8-9H2,1-3H3,(H,20,22)(H,21,23). The molecule has 0 atom stereocenters. The van der Waals surface area contributed by atoms with Crippen LogP contribution < -0.4 is 20.1 Å². The number of carbonyl (C=O) groups is 3. The maximum absolute atomic E-state index is 12.3. The minimum Gasteiger partial charge on any atom is -0.484 e. The second kappa shape index (κ2) is 8.30. The minimum atomic E-state index is -0.467. The Balaban J connectivity index is 1.65. The Morgan fingerprint density at radius 2 is 2.11 bits per heavy atom. The number of esters is 1. The number of aryl methyl sites for hydroxylation is 1. The zero-order chi connectivity index (χ0) is 20.3. The lowest BCUT2D eigenvalue weighted by atomic mass is 10.1. The summed E-state index contributed by atoms with van der Waals surface area (Å²) in [7, 11) is 0. The highest BCUT2D eigenvalue weighted by molar-refractivity contribution is 7.16. The molecule has 0 unspecified atom stereocenters. The number of amides is 2. The van der Waals surface area contributed by atoms with Crippen LogP contribution in [0.5, 0.6) is 11.5 Å². The Hall–Kier alpha value is -3.07. The third-order valence-electron chi connectivity index (χ3n) is 4.07. The van der Waals surface area contributed by atoms with Crippen molar-refractivity contribution in [2.45, 2.75) is 20.8 Å². The third kappa shape index (κ3) is 4.25. The summed E-state index contributed by atoms with van der Waals surface area (Å²) in [5, 5.41) is 5.82. The fraction of sp³-hybridized carbons (Fsp3) is 0.316. The Morgan fingerprint density at radius 3 is 2.86 bits per heavy atom. The molecule has 1 aromatic heterocycles. The van der Waals surface area contributed by atoms with E-state index in [-0.39, 0.29) is 25.7 Å². The van der Waals surface area contributed by atoms with Crippen LogP contribution in [0.15, 0.2) is 18.2 Å². The zero-order valence-electron chi connectivity index (χ0n) is 15.7. The molecule has 0 aliphatic carbocycles. The number of anilines is 2. The summed E-state index contributed by atoms with van der Waals surface area (Å²) in [5.74, 6) is -0.183. The van der Waals surface area contributed by atoms with E-state index in [1.165, 1.54) is 11.3 Å². The third-order valence-corrected chi connectivity index (χ3v) is 5.19. The normalized spacial score (nSPS) is 12.5. The summed E-state index contributed by atoms with van der Waals surface area (Å²) in [6.45, 7) is 5.38. The molecule has 2 aromatic rings. The number of thiophene rings is 1. The molecule has 1 aliphatic heterocycles. The number of carbonyl (C=O) groups excluding carboxylic acids is 3. The molecule has 0 saturated carbocycles. The first-order valence-corrected chi connectivity index (χ1v) is 9.47. The molecule has 2 amide bonds. The number of hydrogen-bond acceptors (Lipinski definition) is 7. The quantitative estimate of drug-likeness (QED) is 0.718. The van der Waals surface area contributed by atoms with E-state index < -0.39 is 11.9 Å². The highest BCUT2D eigenvalue weighted by atomic mass is 32.1. The van der Waals surface area contributed by atoms with Crippen molar-refractivity contribution in [2.75, 3.05) is 30.5 Å². The van der Waals surface area contributed by atoms with Gasteiger partial charge >= 0.3 is 5.97 Å². The fourth-order valence-corrected chi connectivity index (χ4v) is 3.69. The average Bonchev–Trinajstić information content (AvgIpc) is 2.93. The molecular weight excluding hydrogens is 384 g/mol. The van der Waals surface area contributed by atoms with Gasteiger partial charge in [-0.3, -0.25) is 9.59 Å². The largest absolute Gasteiger partial charge is 0.484 e. The van der Waals surface area contributed by atoms with Crippen molar-refractivity contribution in [1.82, 2.24) is 0 Å². The van der Waals surface area contributed by atoms with E-state index in [1.54, 1.807) is 25.1 Å². The van der Waals surface area contributed by atoms with Crippen LogP contribution in [0.1, 0.15) is 27.7 Å². The topological polar surface area (TPSA) is 103 Å². The highest BCUT2D eigenvalue weighted by Crippen LogP contribution is 2.33. The summed E-state index contributed by atoms with van der Waals surface area (Å²) < 4.78 is 15.8. The van der Waals surface area contributed by atoms with Gasteiger partial charge in [0, 0.05) is 10.9 Å². The molecule has 0 bridgehead atoms. The Labute approximate surface area is 165 Å². The number of benzene rings is 1. The zero-order valence-corrected chi connectivity index (χ0v) is 16.5. The molecule has 1 aromatic carbocycles. The van der Waals surface area contributed by atoms with Gasteiger partial charge in [0.2, 0.25) is 0 Å². The first kappa shape index (κ1) is 19.7. The average molecular weight is 404 g/mol. The van der Waals surface area contributed by atoms with Gasteiger partial charge in [-0.1, -0.05) is 0 Å². The second-order valence-corrected chi connectivity index (χ2v) is 7.26. The molecule has 148 valence electrons. The highest BCUT2D eigenvalue weighted by Gasteiger charge is 2.22. The van der Waals surface area contributed by atoms with Crippen molar-refractivity contribution in [3.05, 3.63) is 34.2 Å². The lowest BCUT2D eigenvalue weighted by Gasteiger charge is -2.18. The van der Waals surface area contributed by atoms with Gasteiger partial charge in [-0.25, -0.2) is 4.79 Å². The van der Waals surface area contributed by atoms with E-state index >= 15 is 0 Å². The summed E-state index contributed by atoms with van der Waals surface area (Å²) >= 11 is 1.31. The lowest BCUT2D eigenvalue weighted by molar-refractivity contribution is -0.119. The van der Waals surface area contributed by atoms with Gasteiger partial charge in [0.15, 0.2) is 13.2 Å². The van der Waals surface area contributed by atoms with Crippen LogP contribution in [0.25, 0.3) is 0 Å². The van der Waals surface area contributed by atoms with Crippen LogP contribution >= 0.6 is 11.3 Å². The van der Waals surface area contributed by atoms with E-state index in [2.05, 4.69) is 10.6 Å². The maximum Gasteiger partial charge on any atom is 0.341 e. The van der Waals surface area contributed by atoms with Crippen molar-refractivity contribution in [1.29, 1.82) is 0 Å². The van der Waals surface area contributed by atoms with Gasteiger partial charge in [-0.2, -0.15) is 0 Å². The Morgan fingerprint density at radius 1 is 1.32 bits per heavy atom. The van der Waals surface area contributed by atoms with Crippen LogP contribution in [0.2, 0.25) is 0 Å². The van der Waals surface area contributed by atoms with E-state index in [0.29, 0.717) is 27.8 Å². The molecule has 0 radical (unpaired) electrons. The predicted octanol–water partition coefficient (Wildman–Crippen LogP) is 2.89. The molecule has 9 heteroatoms. The maximum atomic E-state index is 12.3. The summed E-state index contributed by atoms with van der Waals surface area (Å²) in [5.41, 5.74) is 1.64. The minimum absolute atomic E-state index is 0.0297. The fourth-order valence-electron chi connectivity index (χ4n) is 2.63. The molecule has 28 heavy (non-hydrogen) atoms. The van der Waals surface area contributed by atoms with Crippen molar-refractivity contribution in [3.63, 3.8) is 0 Å². The van der Waals surface area contributed by atoms with Crippen LogP contribution in [-0.2, 0) is 14.3 Å². The number of hydrogen-bond donors (Lipinski definition) is 2. The van der Waals surface area contributed by atoms with Gasteiger partial charge in [-0.05, 0) is 38.5 Å². The molecule has 0 spiro atoms. The van der Waals surface area contributed by atoms with Crippen molar-refractivity contribution in [3.8, 4) is 11.5 Å². The number of fused-ring (bicyclic) bond motifs is 1. The van der Waals surface area contributed by atoms with Crippen molar-refractivity contribution < 1.29 is 28.6 Å². The second-order valence-electron chi connectivity index (χ2n) is 6.04. The monoisotopic (exact) mass is 404 g/mol. The van der Waals surface area contributed by atoms with E-state index in [0.717, 1.165) is 10.4 Å². The molecule has 2 N–H and O–H groups in total. The Kier molecular flexibility index (Phi) is 5.84. The smallest absolute Gasteiger partial charge is 0.341 e. The van der Waals surface area contributed by atoms with Crippen LogP contribution in [0.3, 0.4) is 0 Å². The van der Waals surface area contributed by atoms with Gasteiger partial charge < -0.3 is 24.8 Å². The first-order valence-electron chi connectivity index (χ1n) is 8.65. The van der Waals surface area contributed by atoms with Gasteiger partial charge in [-0.15, -0.1) is 11.3 Å². The molecular formula is C19H20N2O6S. The molecule has 8 nitrogen and oxygen atoms in total. The molecule has 1 aliphatic rings. The molecule has 3 rings (SSSR count). The van der Waals surface area contributed by atoms with E-state index in [4.69, 9.17) is 14.2 Å². The SMILES string of the molecule is CCOC(=O)c1c(NC(=O)COc2ccc3c(c2)NC(=O)CO3)sc(C)c1C. The van der Waals surface area contributed by atoms with E-state index in [9.17, 15) is 14.4 Å². The molecule has 0 saturated heterocycles. The number of rotatable bonds is 6. The number of ether oxygens (including phenoxy) is 3. The van der Waals surface area contributed by atoms with E-state index in [1.807, 2.05) is 13.8 Å². The molecule has 2 heterocycles. The summed E-state index contributed by atoms with van der Waals surface area (Å²) in [4.78, 5) is 36.8.